The molecule has 4 aromatic rings. The van der Waals surface area contributed by atoms with Crippen LogP contribution in [0.5, 0.6) is 5.75 Å². The molecule has 2 aliphatic rings. The predicted molar refractivity (Wildman–Crippen MR) is 155 cm³/mol. The third kappa shape index (κ3) is 6.08. The minimum absolute atomic E-state index is 0.285. The molecule has 3 atom stereocenters. The highest BCUT2D eigenvalue weighted by atomic mass is 16.4. The van der Waals surface area contributed by atoms with Crippen LogP contribution in [-0.2, 0) is 0 Å². The highest BCUT2D eigenvalue weighted by molar-refractivity contribution is 5.67. The minimum Gasteiger partial charge on any atom is -0.508 e. The Morgan fingerprint density at radius 1 is 0.897 bits per heavy atom. The van der Waals surface area contributed by atoms with E-state index in [1.54, 1.807) is 12.1 Å². The number of phenols is 1. The molecule has 1 saturated carbocycles. The number of benzene rings is 2. The maximum atomic E-state index is 9.64. The van der Waals surface area contributed by atoms with Gasteiger partial charge < -0.3 is 19.7 Å². The summed E-state index contributed by atoms with van der Waals surface area (Å²) in [5, 5.41) is 21.5. The highest BCUT2D eigenvalue weighted by Gasteiger charge is 2.30. The van der Waals surface area contributed by atoms with E-state index in [1.165, 1.54) is 50.6 Å². The Morgan fingerprint density at radius 2 is 1.69 bits per heavy atom. The first kappa shape index (κ1) is 25.4. The fourth-order valence-corrected chi connectivity index (χ4v) is 6.36. The number of hydrogen-bond donors (Lipinski definition) is 2. The molecule has 3 heterocycles. The first-order chi connectivity index (χ1) is 19.1. The predicted octanol–water partition coefficient (Wildman–Crippen LogP) is 7.09. The van der Waals surface area contributed by atoms with Crippen molar-refractivity contribution in [2.24, 2.45) is 11.8 Å². The molecular weight excluding hydrogens is 486 g/mol. The van der Waals surface area contributed by atoms with Gasteiger partial charge in [-0.1, -0.05) is 25.0 Å². The lowest BCUT2D eigenvalue weighted by Gasteiger charge is -2.39. The second-order valence-electron chi connectivity index (χ2n) is 11.1. The Bertz CT molecular complexity index is 1370. The molecule has 2 aromatic heterocycles. The van der Waals surface area contributed by atoms with Crippen molar-refractivity contribution in [2.75, 3.05) is 23.3 Å². The molecule has 0 bridgehead atoms. The molecule has 0 radical (unpaired) electrons. The van der Waals surface area contributed by atoms with Gasteiger partial charge in [0.1, 0.15) is 11.6 Å². The number of rotatable bonds is 7. The molecule has 0 amide bonds. The normalized spacial score (nSPS) is 21.6. The number of aryl methyl sites for hydroxylation is 1. The van der Waals surface area contributed by atoms with E-state index in [0.717, 1.165) is 35.6 Å². The fourth-order valence-electron chi connectivity index (χ4n) is 6.36. The molecule has 2 N–H and O–H groups in total. The van der Waals surface area contributed by atoms with Crippen LogP contribution in [0.4, 0.5) is 11.5 Å². The summed E-state index contributed by atoms with van der Waals surface area (Å²) in [6, 6.07) is 20.5. The Labute approximate surface area is 230 Å². The molecule has 0 spiro atoms. The third-order valence-electron chi connectivity index (χ3n) is 8.36. The monoisotopic (exact) mass is 523 g/mol. The number of nitrogens with one attached hydrogen (secondary N) is 1. The molecule has 7 heteroatoms. The zero-order chi connectivity index (χ0) is 26.6. The van der Waals surface area contributed by atoms with Crippen molar-refractivity contribution in [1.82, 2.24) is 15.2 Å². The lowest BCUT2D eigenvalue weighted by Crippen LogP contribution is -2.39. The quantitative estimate of drug-likeness (QED) is 0.267. The third-order valence-corrected chi connectivity index (χ3v) is 8.36. The molecule has 2 aromatic carbocycles. The summed E-state index contributed by atoms with van der Waals surface area (Å²) < 4.78 is 5.59. The van der Waals surface area contributed by atoms with Gasteiger partial charge in [-0.25, -0.2) is 4.98 Å². The van der Waals surface area contributed by atoms with Crippen molar-refractivity contribution in [3.63, 3.8) is 0 Å². The van der Waals surface area contributed by atoms with Gasteiger partial charge in [-0.3, -0.25) is 0 Å². The van der Waals surface area contributed by atoms with Gasteiger partial charge in [0.05, 0.1) is 0 Å². The van der Waals surface area contributed by atoms with E-state index in [2.05, 4.69) is 55.7 Å². The number of aromatic hydroxyl groups is 1. The van der Waals surface area contributed by atoms with E-state index in [4.69, 9.17) is 4.42 Å². The molecule has 1 aliphatic carbocycles. The van der Waals surface area contributed by atoms with Crippen LogP contribution >= 0.6 is 0 Å². The van der Waals surface area contributed by atoms with Gasteiger partial charge >= 0.3 is 0 Å². The van der Waals surface area contributed by atoms with Gasteiger partial charge in [0.15, 0.2) is 0 Å². The summed E-state index contributed by atoms with van der Waals surface area (Å²) in [6.07, 6.45) is 10.7. The van der Waals surface area contributed by atoms with Crippen molar-refractivity contribution >= 4 is 11.5 Å². The summed E-state index contributed by atoms with van der Waals surface area (Å²) in [7, 11) is 0. The van der Waals surface area contributed by atoms with E-state index in [9.17, 15) is 5.11 Å². The summed E-state index contributed by atoms with van der Waals surface area (Å²) in [4.78, 5) is 7.20. The van der Waals surface area contributed by atoms with E-state index in [-0.39, 0.29) is 5.75 Å². The topological polar surface area (TPSA) is 87.3 Å². The number of hydrogen-bond acceptors (Lipinski definition) is 7. The molecular formula is C32H37N5O2. The van der Waals surface area contributed by atoms with E-state index >= 15 is 0 Å². The Morgan fingerprint density at radius 3 is 2.49 bits per heavy atom. The standard InChI is InChI=1S/C32H37N5O2/c1-22-35-36-32(39-22)25-8-12-28(13-9-25)37-18-4-5-23(21-37)19-27-6-2-3-7-30(27)34-31-20-26(16-17-33-31)24-10-14-29(38)15-11-24/h8-17,20,23,27,30,38H,2-7,18-19,21H2,1H3,(H,33,34)/t23?,27-,30+/m0/s1. The summed E-state index contributed by atoms with van der Waals surface area (Å²) >= 11 is 0. The van der Waals surface area contributed by atoms with Crippen LogP contribution in [-0.4, -0.2) is 39.4 Å². The number of aromatic nitrogens is 3. The lowest BCUT2D eigenvalue weighted by molar-refractivity contribution is 0.247. The van der Waals surface area contributed by atoms with Crippen LogP contribution in [0.1, 0.15) is 50.8 Å². The number of pyridine rings is 1. The zero-order valence-electron chi connectivity index (χ0n) is 22.6. The number of phenolic OH excluding ortho intramolecular Hbond substituents is 1. The van der Waals surface area contributed by atoms with E-state index in [0.29, 0.717) is 29.7 Å². The van der Waals surface area contributed by atoms with Crippen molar-refractivity contribution < 1.29 is 9.52 Å². The van der Waals surface area contributed by atoms with Gasteiger partial charge in [-0.2, -0.15) is 0 Å². The van der Waals surface area contributed by atoms with Crippen LogP contribution in [0, 0.1) is 18.8 Å². The molecule has 202 valence electrons. The smallest absolute Gasteiger partial charge is 0.247 e. The summed E-state index contributed by atoms with van der Waals surface area (Å²) in [5.41, 5.74) is 4.43. The maximum absolute atomic E-state index is 9.64. The average molecular weight is 524 g/mol. The second-order valence-corrected chi connectivity index (χ2v) is 11.1. The van der Waals surface area contributed by atoms with Gasteiger partial charge in [-0.15, -0.1) is 10.2 Å². The van der Waals surface area contributed by atoms with Crippen LogP contribution in [0.15, 0.2) is 71.3 Å². The first-order valence-corrected chi connectivity index (χ1v) is 14.3. The van der Waals surface area contributed by atoms with Crippen molar-refractivity contribution in [3.8, 4) is 28.3 Å². The number of piperidine rings is 1. The van der Waals surface area contributed by atoms with Crippen LogP contribution in [0.2, 0.25) is 0 Å². The molecule has 1 unspecified atom stereocenters. The second kappa shape index (κ2) is 11.5. The number of anilines is 2. The highest BCUT2D eigenvalue weighted by Crippen LogP contribution is 2.36. The van der Waals surface area contributed by atoms with Crippen molar-refractivity contribution in [1.29, 1.82) is 0 Å². The molecule has 1 aliphatic heterocycles. The summed E-state index contributed by atoms with van der Waals surface area (Å²) in [5.74, 6) is 3.75. The van der Waals surface area contributed by atoms with Crippen LogP contribution in [0.25, 0.3) is 22.6 Å². The minimum atomic E-state index is 0.285. The van der Waals surface area contributed by atoms with Gasteiger partial charge in [-0.05, 0) is 104 Å². The molecule has 6 rings (SSSR count). The maximum Gasteiger partial charge on any atom is 0.247 e. The SMILES string of the molecule is Cc1nnc(-c2ccc(N3CCCC(C[C@@H]4CCCC[C@H]4Nc4cc(-c5ccc(O)cc5)ccn4)C3)cc2)o1. The van der Waals surface area contributed by atoms with Gasteiger partial charge in [0.25, 0.3) is 0 Å². The van der Waals surface area contributed by atoms with Crippen molar-refractivity contribution in [3.05, 3.63) is 72.8 Å². The Balaban J connectivity index is 1.10. The number of nitrogens with zero attached hydrogens (tertiary/aromatic N) is 4. The van der Waals surface area contributed by atoms with E-state index in [1.807, 2.05) is 31.3 Å². The van der Waals surface area contributed by atoms with Crippen LogP contribution < -0.4 is 10.2 Å². The molecule has 39 heavy (non-hydrogen) atoms. The Kier molecular flexibility index (Phi) is 7.48. The Hall–Kier alpha value is -3.87. The zero-order valence-corrected chi connectivity index (χ0v) is 22.6. The van der Waals surface area contributed by atoms with Gasteiger partial charge in [0.2, 0.25) is 11.8 Å². The largest absolute Gasteiger partial charge is 0.508 e. The molecule has 7 nitrogen and oxygen atoms in total. The fraction of sp³-hybridized carbons (Fsp3) is 0.406. The van der Waals surface area contributed by atoms with Gasteiger partial charge in [0, 0.05) is 43.5 Å². The van der Waals surface area contributed by atoms with Crippen molar-refractivity contribution in [2.45, 2.75) is 57.9 Å². The molecule has 1 saturated heterocycles. The molecule has 2 fully saturated rings. The first-order valence-electron chi connectivity index (χ1n) is 14.3. The average Bonchev–Trinajstić information content (AvgIpc) is 3.41. The van der Waals surface area contributed by atoms with Crippen LogP contribution in [0.3, 0.4) is 0 Å². The van der Waals surface area contributed by atoms with E-state index < -0.39 is 0 Å². The lowest BCUT2D eigenvalue weighted by atomic mass is 9.77. The summed E-state index contributed by atoms with van der Waals surface area (Å²) in [6.45, 7) is 4.03.